The highest BCUT2D eigenvalue weighted by Gasteiger charge is 2.08. The van der Waals surface area contributed by atoms with Crippen molar-refractivity contribution in [3.8, 4) is 5.88 Å². The van der Waals surface area contributed by atoms with Crippen LogP contribution in [0.5, 0.6) is 5.88 Å². The second-order valence-electron chi connectivity index (χ2n) is 2.40. The van der Waals surface area contributed by atoms with Gasteiger partial charge in [-0.2, -0.15) is 4.39 Å². The van der Waals surface area contributed by atoms with Gasteiger partial charge in [0.2, 0.25) is 5.82 Å². The van der Waals surface area contributed by atoms with Crippen LogP contribution >= 0.6 is 0 Å². The summed E-state index contributed by atoms with van der Waals surface area (Å²) >= 11 is 0. The Morgan fingerprint density at radius 2 is 2.46 bits per heavy atom. The average molecular weight is 185 g/mol. The molecule has 0 aliphatic heterocycles. The molecule has 13 heavy (non-hydrogen) atoms. The quantitative estimate of drug-likeness (QED) is 0.721. The summed E-state index contributed by atoms with van der Waals surface area (Å²) in [5.74, 6) is -0.500. The number of aromatic nitrogens is 1. The number of nitrogens with zero attached hydrogens (tertiary/aromatic N) is 1. The number of pyridine rings is 1. The molecule has 1 aromatic rings. The lowest BCUT2D eigenvalue weighted by Crippen LogP contribution is -2.14. The molecule has 0 fully saturated rings. The highest BCUT2D eigenvalue weighted by Crippen LogP contribution is 2.20. The Labute approximate surface area is 75.9 Å². The largest absolute Gasteiger partial charge is 0.479 e. The Morgan fingerprint density at radius 1 is 1.69 bits per heavy atom. The molecular formula is C8H12FN3O. The van der Waals surface area contributed by atoms with E-state index in [-0.39, 0.29) is 5.88 Å². The molecule has 1 heterocycles. The number of nitrogens with one attached hydrogen (secondary N) is 1. The predicted octanol–water partition coefficient (Wildman–Crippen LogP) is 0.600. The molecule has 0 bridgehead atoms. The highest BCUT2D eigenvalue weighted by molar-refractivity contribution is 5.46. The standard InChI is InChI=1S/C8H12FN3O/c1-13-8-7(9)6(2-4-12-8)11-5-3-10/h2,4H,3,5,10H2,1H3,(H,11,12). The van der Waals surface area contributed by atoms with E-state index < -0.39 is 5.82 Å². The number of hydrogen-bond acceptors (Lipinski definition) is 4. The molecule has 0 saturated carbocycles. The molecule has 0 saturated heterocycles. The van der Waals surface area contributed by atoms with Gasteiger partial charge in [-0.05, 0) is 6.07 Å². The minimum Gasteiger partial charge on any atom is -0.479 e. The van der Waals surface area contributed by atoms with Crippen molar-refractivity contribution >= 4 is 5.69 Å². The molecule has 0 radical (unpaired) electrons. The van der Waals surface area contributed by atoms with Crippen LogP contribution < -0.4 is 15.8 Å². The smallest absolute Gasteiger partial charge is 0.252 e. The molecule has 0 atom stereocenters. The maximum Gasteiger partial charge on any atom is 0.252 e. The number of halogens is 1. The van der Waals surface area contributed by atoms with Gasteiger partial charge in [0.15, 0.2) is 0 Å². The molecule has 1 aromatic heterocycles. The van der Waals surface area contributed by atoms with E-state index >= 15 is 0 Å². The first-order valence-corrected chi connectivity index (χ1v) is 3.92. The van der Waals surface area contributed by atoms with Gasteiger partial charge in [-0.1, -0.05) is 0 Å². The van der Waals surface area contributed by atoms with E-state index in [4.69, 9.17) is 10.5 Å². The van der Waals surface area contributed by atoms with E-state index in [0.29, 0.717) is 18.8 Å². The van der Waals surface area contributed by atoms with Gasteiger partial charge in [0.25, 0.3) is 5.88 Å². The number of rotatable bonds is 4. The summed E-state index contributed by atoms with van der Waals surface area (Å²) in [6.45, 7) is 0.966. The van der Waals surface area contributed by atoms with Crippen molar-refractivity contribution < 1.29 is 9.13 Å². The van der Waals surface area contributed by atoms with Crippen molar-refractivity contribution in [2.24, 2.45) is 5.73 Å². The zero-order valence-corrected chi connectivity index (χ0v) is 7.38. The van der Waals surface area contributed by atoms with Crippen LogP contribution in [0.15, 0.2) is 12.3 Å². The van der Waals surface area contributed by atoms with Gasteiger partial charge >= 0.3 is 0 Å². The summed E-state index contributed by atoms with van der Waals surface area (Å²) in [5.41, 5.74) is 5.62. The summed E-state index contributed by atoms with van der Waals surface area (Å²) in [6, 6.07) is 1.54. The Balaban J connectivity index is 2.81. The fraction of sp³-hybridized carbons (Fsp3) is 0.375. The van der Waals surface area contributed by atoms with Gasteiger partial charge in [0, 0.05) is 19.3 Å². The van der Waals surface area contributed by atoms with E-state index in [0.717, 1.165) is 0 Å². The predicted molar refractivity (Wildman–Crippen MR) is 48.3 cm³/mol. The Kier molecular flexibility index (Phi) is 3.45. The van der Waals surface area contributed by atoms with Crippen molar-refractivity contribution in [2.45, 2.75) is 0 Å². The van der Waals surface area contributed by atoms with E-state index in [1.54, 1.807) is 0 Å². The third kappa shape index (κ3) is 2.29. The zero-order valence-electron chi connectivity index (χ0n) is 7.38. The zero-order chi connectivity index (χ0) is 9.68. The van der Waals surface area contributed by atoms with Crippen molar-refractivity contribution in [2.75, 3.05) is 25.5 Å². The van der Waals surface area contributed by atoms with Crippen LogP contribution in [0, 0.1) is 5.82 Å². The molecule has 1 rings (SSSR count). The van der Waals surface area contributed by atoms with Gasteiger partial charge in [-0.15, -0.1) is 0 Å². The molecule has 5 heteroatoms. The monoisotopic (exact) mass is 185 g/mol. The minimum atomic E-state index is -0.488. The molecule has 0 aliphatic rings. The SMILES string of the molecule is COc1nccc(NCCN)c1F. The van der Waals surface area contributed by atoms with Gasteiger partial charge < -0.3 is 15.8 Å². The van der Waals surface area contributed by atoms with Crippen LogP contribution in [-0.2, 0) is 0 Å². The van der Waals surface area contributed by atoms with Crippen LogP contribution in [0.3, 0.4) is 0 Å². The Hall–Kier alpha value is -1.36. The molecule has 4 nitrogen and oxygen atoms in total. The number of nitrogens with two attached hydrogens (primary N) is 1. The molecule has 0 aromatic carbocycles. The van der Waals surface area contributed by atoms with E-state index in [1.807, 2.05) is 0 Å². The van der Waals surface area contributed by atoms with Crippen LogP contribution in [0.1, 0.15) is 0 Å². The summed E-state index contributed by atoms with van der Waals surface area (Å²) in [7, 11) is 1.37. The van der Waals surface area contributed by atoms with Crippen molar-refractivity contribution in [1.29, 1.82) is 0 Å². The second kappa shape index (κ2) is 4.61. The number of anilines is 1. The lowest BCUT2D eigenvalue weighted by atomic mass is 10.3. The number of methoxy groups -OCH3 is 1. The van der Waals surface area contributed by atoms with E-state index in [9.17, 15) is 4.39 Å². The summed E-state index contributed by atoms with van der Waals surface area (Å²) in [4.78, 5) is 3.70. The summed E-state index contributed by atoms with van der Waals surface area (Å²) < 4.78 is 18.0. The van der Waals surface area contributed by atoms with E-state index in [2.05, 4.69) is 10.3 Å². The van der Waals surface area contributed by atoms with Gasteiger partial charge in [0.05, 0.1) is 12.8 Å². The Morgan fingerprint density at radius 3 is 3.08 bits per heavy atom. The molecule has 0 aliphatic carbocycles. The van der Waals surface area contributed by atoms with E-state index in [1.165, 1.54) is 19.4 Å². The normalized spacial score (nSPS) is 9.77. The average Bonchev–Trinajstić information content (AvgIpc) is 2.16. The maximum atomic E-state index is 13.3. The van der Waals surface area contributed by atoms with Crippen LogP contribution in [0.4, 0.5) is 10.1 Å². The molecule has 0 spiro atoms. The van der Waals surface area contributed by atoms with Gasteiger partial charge in [0.1, 0.15) is 0 Å². The minimum absolute atomic E-state index is 0.0120. The molecule has 72 valence electrons. The summed E-state index contributed by atoms with van der Waals surface area (Å²) in [5, 5.41) is 2.82. The fourth-order valence-electron chi connectivity index (χ4n) is 0.910. The Bertz CT molecular complexity index is 280. The van der Waals surface area contributed by atoms with Gasteiger partial charge in [-0.25, -0.2) is 4.98 Å². The van der Waals surface area contributed by atoms with Crippen molar-refractivity contribution in [3.63, 3.8) is 0 Å². The molecule has 3 N–H and O–H groups in total. The lowest BCUT2D eigenvalue weighted by Gasteiger charge is -2.07. The number of ether oxygens (including phenoxy) is 1. The first kappa shape index (κ1) is 9.73. The first-order valence-electron chi connectivity index (χ1n) is 3.92. The van der Waals surface area contributed by atoms with Crippen LogP contribution in [0.25, 0.3) is 0 Å². The number of hydrogen-bond donors (Lipinski definition) is 2. The molecule has 0 unspecified atom stereocenters. The first-order chi connectivity index (χ1) is 6.29. The fourth-order valence-corrected chi connectivity index (χ4v) is 0.910. The molecular weight excluding hydrogens is 173 g/mol. The lowest BCUT2D eigenvalue weighted by molar-refractivity contribution is 0.370. The van der Waals surface area contributed by atoms with Gasteiger partial charge in [-0.3, -0.25) is 0 Å². The highest BCUT2D eigenvalue weighted by atomic mass is 19.1. The third-order valence-corrected chi connectivity index (χ3v) is 1.51. The third-order valence-electron chi connectivity index (χ3n) is 1.51. The molecule has 0 amide bonds. The van der Waals surface area contributed by atoms with Crippen LogP contribution in [0.2, 0.25) is 0 Å². The summed E-state index contributed by atoms with van der Waals surface area (Å²) in [6.07, 6.45) is 1.47. The van der Waals surface area contributed by atoms with Crippen LogP contribution in [-0.4, -0.2) is 25.2 Å². The van der Waals surface area contributed by atoms with Crippen molar-refractivity contribution in [3.05, 3.63) is 18.1 Å². The van der Waals surface area contributed by atoms with Crippen molar-refractivity contribution in [1.82, 2.24) is 4.98 Å². The second-order valence-corrected chi connectivity index (χ2v) is 2.40. The topological polar surface area (TPSA) is 60.2 Å². The maximum absolute atomic E-state index is 13.3.